The summed E-state index contributed by atoms with van der Waals surface area (Å²) < 4.78 is 6.80. The molecule has 8 heteroatoms. The van der Waals surface area contributed by atoms with Crippen LogP contribution in [0.5, 0.6) is 0 Å². The van der Waals surface area contributed by atoms with Crippen molar-refractivity contribution in [2.45, 2.75) is 49.8 Å². The van der Waals surface area contributed by atoms with Gasteiger partial charge in [0.25, 0.3) is 0 Å². The highest BCUT2D eigenvalue weighted by molar-refractivity contribution is 7.99. The van der Waals surface area contributed by atoms with Crippen LogP contribution < -0.4 is 11.0 Å². The Labute approximate surface area is 127 Å². The first kappa shape index (κ1) is 16.1. The van der Waals surface area contributed by atoms with Gasteiger partial charge >= 0.3 is 11.7 Å². The van der Waals surface area contributed by atoms with E-state index in [2.05, 4.69) is 15.5 Å². The van der Waals surface area contributed by atoms with Crippen LogP contribution in [0.15, 0.2) is 9.95 Å². The predicted molar refractivity (Wildman–Crippen MR) is 80.6 cm³/mol. The molecule has 2 N–H and O–H groups in total. The molecule has 0 amide bonds. The average Bonchev–Trinajstić information content (AvgIpc) is 3.23. The van der Waals surface area contributed by atoms with E-state index in [9.17, 15) is 9.59 Å². The van der Waals surface area contributed by atoms with Gasteiger partial charge in [0.15, 0.2) is 5.16 Å². The summed E-state index contributed by atoms with van der Waals surface area (Å²) in [6.45, 7) is 3.98. The lowest BCUT2D eigenvalue weighted by Gasteiger charge is -2.26. The fraction of sp³-hybridized carbons (Fsp3) is 0.769. The molecule has 1 atom stereocenters. The van der Waals surface area contributed by atoms with E-state index in [-0.39, 0.29) is 11.7 Å². The van der Waals surface area contributed by atoms with Crippen LogP contribution in [0.25, 0.3) is 0 Å². The van der Waals surface area contributed by atoms with Crippen molar-refractivity contribution in [1.29, 1.82) is 0 Å². The van der Waals surface area contributed by atoms with Crippen molar-refractivity contribution < 1.29 is 9.53 Å². The van der Waals surface area contributed by atoms with Gasteiger partial charge in [-0.1, -0.05) is 11.8 Å². The Kier molecular flexibility index (Phi) is 5.10. The van der Waals surface area contributed by atoms with Crippen LogP contribution in [0, 0.1) is 0 Å². The zero-order chi connectivity index (χ0) is 15.5. The van der Waals surface area contributed by atoms with Crippen molar-refractivity contribution in [2.75, 3.05) is 19.4 Å². The highest BCUT2D eigenvalue weighted by Gasteiger charge is 2.33. The molecule has 1 aliphatic rings. The smallest absolute Gasteiger partial charge is 0.344 e. The molecule has 1 aromatic rings. The second-order valence-corrected chi connectivity index (χ2v) is 6.38. The number of rotatable bonds is 8. The molecule has 0 aliphatic heterocycles. The molecular weight excluding hydrogens is 292 g/mol. The monoisotopic (exact) mass is 314 g/mol. The lowest BCUT2D eigenvalue weighted by atomic mass is 10.00. The number of hydrogen-bond donors (Lipinski definition) is 2. The molecule has 0 saturated heterocycles. The quantitative estimate of drug-likeness (QED) is 0.548. The van der Waals surface area contributed by atoms with Crippen LogP contribution in [0.2, 0.25) is 0 Å². The number of aromatic nitrogens is 3. The lowest BCUT2D eigenvalue weighted by Crippen LogP contribution is -2.49. The minimum absolute atomic E-state index is 0.151. The molecule has 1 saturated carbocycles. The van der Waals surface area contributed by atoms with Crippen LogP contribution in [-0.2, 0) is 9.53 Å². The molecule has 21 heavy (non-hydrogen) atoms. The highest BCUT2D eigenvalue weighted by atomic mass is 32.2. The van der Waals surface area contributed by atoms with Gasteiger partial charge in [-0.25, -0.2) is 9.89 Å². The molecule has 1 fully saturated rings. The Hall–Kier alpha value is -1.28. The van der Waals surface area contributed by atoms with E-state index in [0.717, 1.165) is 12.8 Å². The second kappa shape index (κ2) is 6.65. The number of thioether (sulfide) groups is 1. The van der Waals surface area contributed by atoms with Crippen molar-refractivity contribution in [3.05, 3.63) is 10.5 Å². The van der Waals surface area contributed by atoms with E-state index in [4.69, 9.17) is 4.74 Å². The number of likely N-dealkylation sites (N-methyl/N-ethyl adjacent to an activating group) is 1. The third-order valence-corrected chi connectivity index (χ3v) is 4.65. The molecule has 1 heterocycles. The maximum Gasteiger partial charge on any atom is 0.344 e. The third kappa shape index (κ3) is 3.68. The van der Waals surface area contributed by atoms with Gasteiger partial charge in [-0.3, -0.25) is 9.36 Å². The lowest BCUT2D eigenvalue weighted by molar-refractivity contribution is -0.150. The molecule has 2 rings (SSSR count). The van der Waals surface area contributed by atoms with E-state index < -0.39 is 5.54 Å². The van der Waals surface area contributed by atoms with Crippen LogP contribution in [0.3, 0.4) is 0 Å². The molecule has 0 bridgehead atoms. The van der Waals surface area contributed by atoms with Gasteiger partial charge in [0.2, 0.25) is 0 Å². The number of esters is 1. The van der Waals surface area contributed by atoms with E-state index in [0.29, 0.717) is 30.0 Å². The van der Waals surface area contributed by atoms with Crippen molar-refractivity contribution in [3.63, 3.8) is 0 Å². The number of aromatic amines is 1. The zero-order valence-electron chi connectivity index (χ0n) is 12.6. The number of nitrogens with zero attached hydrogens (tertiary/aromatic N) is 2. The summed E-state index contributed by atoms with van der Waals surface area (Å²) in [5, 5.41) is 10.3. The Bertz CT molecular complexity index is 552. The highest BCUT2D eigenvalue weighted by Crippen LogP contribution is 2.36. The van der Waals surface area contributed by atoms with E-state index in [1.807, 2.05) is 6.92 Å². The summed E-state index contributed by atoms with van der Waals surface area (Å²) in [5.41, 5.74) is -0.869. The number of hydrogen-bond acceptors (Lipinski definition) is 6. The van der Waals surface area contributed by atoms with E-state index in [1.165, 1.54) is 11.8 Å². The minimum atomic E-state index is -0.718. The maximum absolute atomic E-state index is 12.0. The zero-order valence-corrected chi connectivity index (χ0v) is 13.5. The third-order valence-electron chi connectivity index (χ3n) is 3.70. The van der Waals surface area contributed by atoms with Crippen molar-refractivity contribution in [2.24, 2.45) is 0 Å². The van der Waals surface area contributed by atoms with Crippen molar-refractivity contribution in [3.8, 4) is 0 Å². The summed E-state index contributed by atoms with van der Waals surface area (Å²) in [6.07, 6.45) is 2.66. The first-order valence-electron chi connectivity index (χ1n) is 7.17. The summed E-state index contributed by atoms with van der Waals surface area (Å²) in [7, 11) is 1.75. The molecule has 0 radical (unpaired) electrons. The summed E-state index contributed by atoms with van der Waals surface area (Å²) in [5.74, 6) is 0.419. The fourth-order valence-electron chi connectivity index (χ4n) is 2.01. The SMILES string of the molecule is CCOC(=O)C(C)(CCSc1n[nH]c(=O)n1C1CC1)NC. The normalized spacial score (nSPS) is 17.5. The molecule has 7 nitrogen and oxygen atoms in total. The van der Waals surface area contributed by atoms with Gasteiger partial charge in [0, 0.05) is 11.8 Å². The van der Waals surface area contributed by atoms with E-state index in [1.54, 1.807) is 18.5 Å². The standard InChI is InChI=1S/C13H22N4O3S/c1-4-20-10(18)13(2,14-3)7-8-21-12-16-15-11(19)17(12)9-5-6-9/h9,14H,4-8H2,1-3H3,(H,15,19). The van der Waals surface area contributed by atoms with Gasteiger partial charge in [-0.15, -0.1) is 5.10 Å². The second-order valence-electron chi connectivity index (χ2n) is 5.31. The number of nitrogens with one attached hydrogen (secondary N) is 2. The first-order chi connectivity index (χ1) is 10.0. The summed E-state index contributed by atoms with van der Waals surface area (Å²) >= 11 is 1.49. The van der Waals surface area contributed by atoms with E-state index >= 15 is 0 Å². The van der Waals surface area contributed by atoms with Gasteiger partial charge in [-0.2, -0.15) is 0 Å². The van der Waals surface area contributed by atoms with Gasteiger partial charge in [-0.05, 0) is 40.2 Å². The van der Waals surface area contributed by atoms with Crippen LogP contribution in [0.1, 0.15) is 39.2 Å². The van der Waals surface area contributed by atoms with Crippen LogP contribution >= 0.6 is 11.8 Å². The Morgan fingerprint density at radius 1 is 1.62 bits per heavy atom. The molecule has 1 aliphatic carbocycles. The Morgan fingerprint density at radius 2 is 2.33 bits per heavy atom. The summed E-state index contributed by atoms with van der Waals surface area (Å²) in [4.78, 5) is 23.6. The molecule has 1 aromatic heterocycles. The maximum atomic E-state index is 12.0. The topological polar surface area (TPSA) is 89.0 Å². The number of H-pyrrole nitrogens is 1. The van der Waals surface area contributed by atoms with Crippen molar-refractivity contribution in [1.82, 2.24) is 20.1 Å². The van der Waals surface area contributed by atoms with Gasteiger partial charge < -0.3 is 10.1 Å². The molecule has 118 valence electrons. The average molecular weight is 314 g/mol. The fourth-order valence-corrected chi connectivity index (χ4v) is 3.19. The van der Waals surface area contributed by atoms with Crippen LogP contribution in [0.4, 0.5) is 0 Å². The number of ether oxygens (including phenoxy) is 1. The number of carbonyl (C=O) groups excluding carboxylic acids is 1. The molecule has 0 aromatic carbocycles. The summed E-state index contributed by atoms with van der Waals surface area (Å²) in [6, 6.07) is 0.291. The predicted octanol–water partition coefficient (Wildman–Crippen LogP) is 0.930. The Morgan fingerprint density at radius 3 is 2.90 bits per heavy atom. The molecule has 0 spiro atoms. The molecule has 1 unspecified atom stereocenters. The minimum Gasteiger partial charge on any atom is -0.465 e. The first-order valence-corrected chi connectivity index (χ1v) is 8.16. The van der Waals surface area contributed by atoms with Gasteiger partial charge in [0.1, 0.15) is 5.54 Å². The van der Waals surface area contributed by atoms with Crippen LogP contribution in [-0.4, -0.2) is 45.7 Å². The van der Waals surface area contributed by atoms with Crippen molar-refractivity contribution >= 4 is 17.7 Å². The molecular formula is C13H22N4O3S. The van der Waals surface area contributed by atoms with Gasteiger partial charge in [0.05, 0.1) is 6.61 Å². The largest absolute Gasteiger partial charge is 0.465 e. The number of carbonyl (C=O) groups is 1. The Balaban J connectivity index is 1.94.